The van der Waals surface area contributed by atoms with E-state index in [0.717, 1.165) is 39.3 Å². The van der Waals surface area contributed by atoms with Gasteiger partial charge in [0.25, 0.3) is 0 Å². The molecule has 2 unspecified atom stereocenters. The lowest BCUT2D eigenvalue weighted by atomic mass is 9.89. The zero-order valence-corrected chi connectivity index (χ0v) is 11.8. The van der Waals surface area contributed by atoms with Crippen molar-refractivity contribution >= 4 is 18.2 Å². The standard InChI is InChI=1S/C14H21NO2.ClH/c1-10-11-3-2-4-12(11)14(16)13(10)9-15-5-7-17-8-6-15;/h10,13H,2-9H2,1H3;1H. The van der Waals surface area contributed by atoms with E-state index >= 15 is 0 Å². The summed E-state index contributed by atoms with van der Waals surface area (Å²) in [5, 5.41) is 0. The predicted molar refractivity (Wildman–Crippen MR) is 73.0 cm³/mol. The summed E-state index contributed by atoms with van der Waals surface area (Å²) in [6.07, 6.45) is 3.41. The van der Waals surface area contributed by atoms with Crippen molar-refractivity contribution in [1.82, 2.24) is 4.90 Å². The molecule has 0 aromatic carbocycles. The number of allylic oxidation sites excluding steroid dienone is 2. The highest BCUT2D eigenvalue weighted by Gasteiger charge is 2.41. The number of rotatable bonds is 2. The lowest BCUT2D eigenvalue weighted by Gasteiger charge is -2.30. The van der Waals surface area contributed by atoms with Crippen molar-refractivity contribution in [2.45, 2.75) is 26.2 Å². The number of ketones is 1. The topological polar surface area (TPSA) is 29.5 Å². The maximum absolute atomic E-state index is 12.4. The number of hydrogen-bond donors (Lipinski definition) is 0. The number of hydrogen-bond acceptors (Lipinski definition) is 3. The lowest BCUT2D eigenvalue weighted by molar-refractivity contribution is -0.120. The average molecular weight is 272 g/mol. The average Bonchev–Trinajstić information content (AvgIpc) is 2.91. The van der Waals surface area contributed by atoms with Gasteiger partial charge in [-0.05, 0) is 30.8 Å². The molecule has 0 aromatic rings. The summed E-state index contributed by atoms with van der Waals surface area (Å²) in [7, 11) is 0. The molecule has 4 heteroatoms. The Hall–Kier alpha value is -0.380. The van der Waals surface area contributed by atoms with E-state index in [4.69, 9.17) is 4.74 Å². The second kappa shape index (κ2) is 5.72. The van der Waals surface area contributed by atoms with Crippen LogP contribution in [0.2, 0.25) is 0 Å². The summed E-state index contributed by atoms with van der Waals surface area (Å²) in [5.74, 6) is 1.18. The first-order valence-electron chi connectivity index (χ1n) is 6.83. The van der Waals surface area contributed by atoms with Gasteiger partial charge in [0, 0.05) is 25.6 Å². The van der Waals surface area contributed by atoms with Gasteiger partial charge in [0.15, 0.2) is 5.78 Å². The van der Waals surface area contributed by atoms with Crippen LogP contribution in [-0.4, -0.2) is 43.5 Å². The monoisotopic (exact) mass is 271 g/mol. The summed E-state index contributed by atoms with van der Waals surface area (Å²) >= 11 is 0. The van der Waals surface area contributed by atoms with Gasteiger partial charge >= 0.3 is 0 Å². The highest BCUT2D eigenvalue weighted by molar-refractivity contribution is 6.01. The van der Waals surface area contributed by atoms with Gasteiger partial charge in [-0.3, -0.25) is 9.69 Å². The van der Waals surface area contributed by atoms with Crippen LogP contribution in [0.5, 0.6) is 0 Å². The molecule has 102 valence electrons. The number of Topliss-reactive ketones (excluding diaryl/α,β-unsaturated/α-hetero) is 1. The van der Waals surface area contributed by atoms with E-state index < -0.39 is 0 Å². The summed E-state index contributed by atoms with van der Waals surface area (Å²) in [6, 6.07) is 0. The predicted octanol–water partition coefficient (Wildman–Crippen LogP) is 2.06. The molecule has 2 aliphatic carbocycles. The van der Waals surface area contributed by atoms with E-state index in [0.29, 0.717) is 11.7 Å². The van der Waals surface area contributed by atoms with Gasteiger partial charge in [0.1, 0.15) is 0 Å². The molecule has 2 atom stereocenters. The Labute approximate surface area is 115 Å². The maximum Gasteiger partial charge on any atom is 0.163 e. The number of morpholine rings is 1. The Kier molecular flexibility index (Phi) is 4.46. The van der Waals surface area contributed by atoms with E-state index in [-0.39, 0.29) is 18.3 Å². The van der Waals surface area contributed by atoms with Crippen LogP contribution in [0.15, 0.2) is 11.1 Å². The number of carbonyl (C=O) groups is 1. The first kappa shape index (κ1) is 14.0. The van der Waals surface area contributed by atoms with Crippen molar-refractivity contribution in [3.63, 3.8) is 0 Å². The van der Waals surface area contributed by atoms with Crippen molar-refractivity contribution in [2.75, 3.05) is 32.8 Å². The Morgan fingerprint density at radius 3 is 2.67 bits per heavy atom. The summed E-state index contributed by atoms with van der Waals surface area (Å²) in [5.41, 5.74) is 2.67. The van der Waals surface area contributed by atoms with Crippen LogP contribution in [0.3, 0.4) is 0 Å². The summed E-state index contributed by atoms with van der Waals surface area (Å²) in [4.78, 5) is 14.7. The van der Waals surface area contributed by atoms with Crippen molar-refractivity contribution in [2.24, 2.45) is 11.8 Å². The minimum atomic E-state index is 0. The van der Waals surface area contributed by atoms with Crippen molar-refractivity contribution in [3.05, 3.63) is 11.1 Å². The fourth-order valence-corrected chi connectivity index (χ4v) is 3.55. The molecule has 1 aliphatic heterocycles. The van der Waals surface area contributed by atoms with Gasteiger partial charge in [-0.1, -0.05) is 12.5 Å². The second-order valence-corrected chi connectivity index (χ2v) is 5.53. The molecule has 0 aromatic heterocycles. The Balaban J connectivity index is 0.00000120. The molecule has 0 amide bonds. The van der Waals surface area contributed by atoms with Gasteiger partial charge in [0.05, 0.1) is 13.2 Å². The molecule has 3 rings (SSSR count). The molecule has 0 N–H and O–H groups in total. The highest BCUT2D eigenvalue weighted by atomic mass is 35.5. The minimum absolute atomic E-state index is 0. The third-order valence-electron chi connectivity index (χ3n) is 4.61. The Bertz CT molecular complexity index is 361. The van der Waals surface area contributed by atoms with Crippen molar-refractivity contribution < 1.29 is 9.53 Å². The van der Waals surface area contributed by atoms with Crippen LogP contribution >= 0.6 is 12.4 Å². The van der Waals surface area contributed by atoms with Crippen LogP contribution in [0.25, 0.3) is 0 Å². The third-order valence-corrected chi connectivity index (χ3v) is 4.61. The SMILES string of the molecule is CC1C2=C(CCC2)C(=O)C1CN1CCOCC1.Cl. The normalized spacial score (nSPS) is 32.6. The molecule has 3 nitrogen and oxygen atoms in total. The van der Waals surface area contributed by atoms with E-state index in [1.54, 1.807) is 0 Å². The maximum atomic E-state index is 12.4. The summed E-state index contributed by atoms with van der Waals surface area (Å²) < 4.78 is 5.36. The van der Waals surface area contributed by atoms with Crippen LogP contribution < -0.4 is 0 Å². The molecule has 3 aliphatic rings. The van der Waals surface area contributed by atoms with E-state index in [2.05, 4.69) is 11.8 Å². The number of halogens is 1. The molecule has 0 bridgehead atoms. The minimum Gasteiger partial charge on any atom is -0.379 e. The second-order valence-electron chi connectivity index (χ2n) is 5.53. The molecule has 1 saturated heterocycles. The number of ether oxygens (including phenoxy) is 1. The molecule has 0 radical (unpaired) electrons. The van der Waals surface area contributed by atoms with Gasteiger partial charge in [-0.15, -0.1) is 12.4 Å². The van der Waals surface area contributed by atoms with Gasteiger partial charge in [-0.2, -0.15) is 0 Å². The van der Waals surface area contributed by atoms with Crippen molar-refractivity contribution in [1.29, 1.82) is 0 Å². The smallest absolute Gasteiger partial charge is 0.163 e. The fourth-order valence-electron chi connectivity index (χ4n) is 3.55. The van der Waals surface area contributed by atoms with Crippen molar-refractivity contribution in [3.8, 4) is 0 Å². The molecule has 1 fully saturated rings. The fraction of sp³-hybridized carbons (Fsp3) is 0.786. The molecule has 0 saturated carbocycles. The van der Waals surface area contributed by atoms with E-state index in [1.807, 2.05) is 0 Å². The van der Waals surface area contributed by atoms with Crippen LogP contribution in [0, 0.1) is 11.8 Å². The molecule has 18 heavy (non-hydrogen) atoms. The van der Waals surface area contributed by atoms with Crippen LogP contribution in [0.4, 0.5) is 0 Å². The lowest BCUT2D eigenvalue weighted by Crippen LogP contribution is -2.41. The van der Waals surface area contributed by atoms with Crippen LogP contribution in [-0.2, 0) is 9.53 Å². The Morgan fingerprint density at radius 2 is 2.00 bits per heavy atom. The zero-order valence-electron chi connectivity index (χ0n) is 11.0. The quantitative estimate of drug-likeness (QED) is 0.770. The first-order valence-corrected chi connectivity index (χ1v) is 6.83. The Morgan fingerprint density at radius 1 is 1.28 bits per heavy atom. The summed E-state index contributed by atoms with van der Waals surface area (Å²) in [6.45, 7) is 6.81. The van der Waals surface area contributed by atoms with Crippen LogP contribution in [0.1, 0.15) is 26.2 Å². The largest absolute Gasteiger partial charge is 0.379 e. The zero-order chi connectivity index (χ0) is 11.8. The molecular weight excluding hydrogens is 250 g/mol. The van der Waals surface area contributed by atoms with Gasteiger partial charge in [0.2, 0.25) is 0 Å². The first-order chi connectivity index (χ1) is 8.27. The van der Waals surface area contributed by atoms with Gasteiger partial charge in [-0.25, -0.2) is 0 Å². The van der Waals surface area contributed by atoms with E-state index in [1.165, 1.54) is 24.0 Å². The molecular formula is C14H22ClNO2. The van der Waals surface area contributed by atoms with E-state index in [9.17, 15) is 4.79 Å². The number of carbonyl (C=O) groups excluding carboxylic acids is 1. The third kappa shape index (κ3) is 2.36. The molecule has 0 spiro atoms. The molecule has 1 heterocycles. The number of nitrogens with zero attached hydrogens (tertiary/aromatic N) is 1. The highest BCUT2D eigenvalue weighted by Crippen LogP contribution is 2.43. The van der Waals surface area contributed by atoms with Gasteiger partial charge < -0.3 is 4.74 Å².